The second kappa shape index (κ2) is 8.69. The molecular formula is C36H22N4. The van der Waals surface area contributed by atoms with Crippen molar-refractivity contribution in [1.29, 1.82) is 5.26 Å². The summed E-state index contributed by atoms with van der Waals surface area (Å²) in [7, 11) is 0. The van der Waals surface area contributed by atoms with Crippen LogP contribution in [0.2, 0.25) is 0 Å². The number of fused-ring (bicyclic) bond motifs is 6. The number of aromatic nitrogens is 3. The van der Waals surface area contributed by atoms with Gasteiger partial charge in [0.1, 0.15) is 11.6 Å². The number of hydrogen-bond donors (Lipinski definition) is 0. The summed E-state index contributed by atoms with van der Waals surface area (Å²) in [4.78, 5) is 4.25. The van der Waals surface area contributed by atoms with E-state index in [0.717, 1.165) is 66.1 Å². The highest BCUT2D eigenvalue weighted by molar-refractivity contribution is 6.11. The Morgan fingerprint density at radius 3 is 1.23 bits per heavy atom. The monoisotopic (exact) mass is 510 g/mol. The minimum absolute atomic E-state index is 0.621. The first kappa shape index (κ1) is 22.3. The van der Waals surface area contributed by atoms with Crippen LogP contribution in [0.3, 0.4) is 0 Å². The summed E-state index contributed by atoms with van der Waals surface area (Å²) in [6.45, 7) is 0. The van der Waals surface area contributed by atoms with Crippen LogP contribution in [-0.4, -0.2) is 14.1 Å². The molecule has 40 heavy (non-hydrogen) atoms. The molecule has 3 aromatic heterocycles. The molecule has 5 aromatic carbocycles. The van der Waals surface area contributed by atoms with Gasteiger partial charge in [0, 0.05) is 33.9 Å². The number of pyridine rings is 1. The third-order valence-corrected chi connectivity index (χ3v) is 7.86. The first-order valence-electron chi connectivity index (χ1n) is 13.3. The SMILES string of the molecule is N#Cc1c(-n2c3ccccc3c3ccccc32)cc(-c2ccncc2)cc1-n1c2ccccc2c2ccccc21. The van der Waals surface area contributed by atoms with Gasteiger partial charge in [0.25, 0.3) is 0 Å². The average Bonchev–Trinajstić information content (AvgIpc) is 3.54. The van der Waals surface area contributed by atoms with E-state index in [2.05, 4.69) is 129 Å². The normalized spacial score (nSPS) is 11.5. The highest BCUT2D eigenvalue weighted by atomic mass is 15.0. The maximum absolute atomic E-state index is 10.9. The zero-order valence-electron chi connectivity index (χ0n) is 21.5. The largest absolute Gasteiger partial charge is 0.308 e. The highest BCUT2D eigenvalue weighted by Gasteiger charge is 2.22. The van der Waals surface area contributed by atoms with Gasteiger partial charge in [-0.15, -0.1) is 0 Å². The molecular weight excluding hydrogens is 488 g/mol. The molecule has 8 rings (SSSR count). The summed E-state index contributed by atoms with van der Waals surface area (Å²) in [6, 6.07) is 44.6. The molecule has 0 saturated carbocycles. The van der Waals surface area contributed by atoms with Crippen LogP contribution < -0.4 is 0 Å². The summed E-state index contributed by atoms with van der Waals surface area (Å²) in [5, 5.41) is 15.5. The summed E-state index contributed by atoms with van der Waals surface area (Å²) in [5.74, 6) is 0. The van der Waals surface area contributed by atoms with Crippen LogP contribution in [0.15, 0.2) is 134 Å². The Bertz CT molecular complexity index is 2040. The lowest BCUT2D eigenvalue weighted by molar-refractivity contribution is 1.12. The number of nitriles is 1. The van der Waals surface area contributed by atoms with E-state index >= 15 is 0 Å². The Kier molecular flexibility index (Phi) is 4.85. The fourth-order valence-corrected chi connectivity index (χ4v) is 6.15. The molecule has 0 amide bonds. The number of nitrogens with zero attached hydrogens (tertiary/aromatic N) is 4. The maximum Gasteiger partial charge on any atom is 0.104 e. The number of para-hydroxylation sites is 4. The molecule has 4 heteroatoms. The Morgan fingerprint density at radius 1 is 0.475 bits per heavy atom. The minimum atomic E-state index is 0.621. The van der Waals surface area contributed by atoms with E-state index in [1.807, 2.05) is 24.5 Å². The molecule has 0 atom stereocenters. The molecule has 0 N–H and O–H groups in total. The quantitative estimate of drug-likeness (QED) is 0.238. The third kappa shape index (κ3) is 3.15. The molecule has 0 aliphatic rings. The number of hydrogen-bond acceptors (Lipinski definition) is 2. The van der Waals surface area contributed by atoms with Crippen LogP contribution in [0.5, 0.6) is 0 Å². The molecule has 8 aromatic rings. The van der Waals surface area contributed by atoms with Crippen molar-refractivity contribution < 1.29 is 0 Å². The third-order valence-electron chi connectivity index (χ3n) is 7.86. The van der Waals surface area contributed by atoms with Crippen molar-refractivity contribution in [2.45, 2.75) is 0 Å². The molecule has 0 fully saturated rings. The van der Waals surface area contributed by atoms with Gasteiger partial charge in [-0.3, -0.25) is 4.98 Å². The van der Waals surface area contributed by atoms with Gasteiger partial charge in [-0.05, 0) is 59.7 Å². The van der Waals surface area contributed by atoms with E-state index < -0.39 is 0 Å². The summed E-state index contributed by atoms with van der Waals surface area (Å²) < 4.78 is 4.48. The molecule has 3 heterocycles. The van der Waals surface area contributed by atoms with Gasteiger partial charge in [-0.25, -0.2) is 0 Å². The predicted octanol–water partition coefficient (Wildman–Crippen LogP) is 8.81. The van der Waals surface area contributed by atoms with Crippen molar-refractivity contribution in [3.63, 3.8) is 0 Å². The van der Waals surface area contributed by atoms with Crippen molar-refractivity contribution in [2.75, 3.05) is 0 Å². The molecule has 0 saturated heterocycles. The van der Waals surface area contributed by atoms with Crippen LogP contribution in [0, 0.1) is 11.3 Å². The summed E-state index contributed by atoms with van der Waals surface area (Å²) in [5.41, 5.74) is 8.67. The lowest BCUT2D eigenvalue weighted by Crippen LogP contribution is -2.05. The van der Waals surface area contributed by atoms with Gasteiger partial charge in [0.15, 0.2) is 0 Å². The number of benzene rings is 5. The van der Waals surface area contributed by atoms with Crippen molar-refractivity contribution in [1.82, 2.24) is 14.1 Å². The van der Waals surface area contributed by atoms with Gasteiger partial charge in [-0.2, -0.15) is 5.26 Å². The van der Waals surface area contributed by atoms with Gasteiger partial charge >= 0.3 is 0 Å². The summed E-state index contributed by atoms with van der Waals surface area (Å²) in [6.07, 6.45) is 3.63. The molecule has 0 unspecified atom stereocenters. The van der Waals surface area contributed by atoms with Gasteiger partial charge in [-0.1, -0.05) is 72.8 Å². The zero-order valence-corrected chi connectivity index (χ0v) is 21.5. The summed E-state index contributed by atoms with van der Waals surface area (Å²) >= 11 is 0. The first-order chi connectivity index (χ1) is 19.8. The molecule has 4 nitrogen and oxygen atoms in total. The van der Waals surface area contributed by atoms with Gasteiger partial charge in [0.05, 0.1) is 33.4 Å². The topological polar surface area (TPSA) is 46.5 Å². The average molecular weight is 511 g/mol. The maximum atomic E-state index is 10.9. The van der Waals surface area contributed by atoms with Crippen molar-refractivity contribution in [3.05, 3.63) is 139 Å². The lowest BCUT2D eigenvalue weighted by Gasteiger charge is -2.18. The van der Waals surface area contributed by atoms with E-state index in [-0.39, 0.29) is 0 Å². The highest BCUT2D eigenvalue weighted by Crippen LogP contribution is 2.39. The number of rotatable bonds is 3. The molecule has 0 bridgehead atoms. The molecule has 0 aliphatic carbocycles. The Labute approximate surface area is 230 Å². The Morgan fingerprint density at radius 2 is 0.850 bits per heavy atom. The predicted molar refractivity (Wildman–Crippen MR) is 163 cm³/mol. The fraction of sp³-hybridized carbons (Fsp3) is 0. The van der Waals surface area contributed by atoms with E-state index in [9.17, 15) is 5.26 Å². The van der Waals surface area contributed by atoms with E-state index in [4.69, 9.17) is 0 Å². The molecule has 0 aliphatic heterocycles. The molecule has 186 valence electrons. The van der Waals surface area contributed by atoms with E-state index in [1.54, 1.807) is 0 Å². The van der Waals surface area contributed by atoms with Crippen LogP contribution in [0.4, 0.5) is 0 Å². The van der Waals surface area contributed by atoms with Gasteiger partial charge in [0.2, 0.25) is 0 Å². The molecule has 0 radical (unpaired) electrons. The van der Waals surface area contributed by atoms with Crippen LogP contribution in [0.1, 0.15) is 5.56 Å². The van der Waals surface area contributed by atoms with Crippen LogP contribution in [0.25, 0.3) is 66.1 Å². The smallest absolute Gasteiger partial charge is 0.104 e. The Hall–Kier alpha value is -5.66. The van der Waals surface area contributed by atoms with Crippen LogP contribution in [-0.2, 0) is 0 Å². The lowest BCUT2D eigenvalue weighted by atomic mass is 10.0. The van der Waals surface area contributed by atoms with Gasteiger partial charge < -0.3 is 9.13 Å². The first-order valence-corrected chi connectivity index (χ1v) is 13.3. The molecule has 0 spiro atoms. The minimum Gasteiger partial charge on any atom is -0.308 e. The fourth-order valence-electron chi connectivity index (χ4n) is 6.15. The standard InChI is InChI=1S/C36H22N4/c37-23-30-35(39-31-13-5-1-9-26(31)27-10-2-6-14-32(27)39)21-25(24-17-19-38-20-18-24)22-36(30)40-33-15-7-3-11-28(33)29-12-4-8-16-34(29)40/h1-22H. The van der Waals surface area contributed by atoms with Crippen molar-refractivity contribution in [3.8, 4) is 28.6 Å². The van der Waals surface area contributed by atoms with E-state index in [1.165, 1.54) is 0 Å². The Balaban J connectivity index is 1.57. The van der Waals surface area contributed by atoms with Crippen molar-refractivity contribution in [2.24, 2.45) is 0 Å². The second-order valence-electron chi connectivity index (χ2n) is 9.98. The van der Waals surface area contributed by atoms with Crippen molar-refractivity contribution >= 4 is 43.6 Å². The zero-order chi connectivity index (χ0) is 26.6. The van der Waals surface area contributed by atoms with E-state index in [0.29, 0.717) is 5.56 Å². The second-order valence-corrected chi connectivity index (χ2v) is 9.98. The van der Waals surface area contributed by atoms with Crippen LogP contribution >= 0.6 is 0 Å².